The lowest BCUT2D eigenvalue weighted by molar-refractivity contribution is -0.0250. The smallest absolute Gasteiger partial charge is 0.205 e. The molecule has 2 aliphatic rings. The van der Waals surface area contributed by atoms with Crippen LogP contribution in [0.25, 0.3) is 11.1 Å². The number of aliphatic imine (C=N–C) groups is 1. The van der Waals surface area contributed by atoms with Crippen molar-refractivity contribution in [1.82, 2.24) is 0 Å². The second-order valence-electron chi connectivity index (χ2n) is 8.51. The molecule has 150 valence electrons. The van der Waals surface area contributed by atoms with Crippen LogP contribution in [0, 0.1) is 16.9 Å². The summed E-state index contributed by atoms with van der Waals surface area (Å²) in [5, 5.41) is 9.41. The fourth-order valence-corrected chi connectivity index (χ4v) is 4.97. The monoisotopic (exact) mass is 388 g/mol. The summed E-state index contributed by atoms with van der Waals surface area (Å²) in [6, 6.07) is 14.7. The Hall–Kier alpha value is -2.64. The molecule has 0 saturated heterocycles. The van der Waals surface area contributed by atoms with Gasteiger partial charge in [0.25, 0.3) is 0 Å². The van der Waals surface area contributed by atoms with Crippen LogP contribution in [0.4, 0.5) is 0 Å². The zero-order chi connectivity index (χ0) is 20.4. The molecule has 0 bridgehead atoms. The maximum atomic E-state index is 9.41. The number of hydrogen-bond acceptors (Lipinski definition) is 4. The maximum absolute atomic E-state index is 9.41. The quantitative estimate of drug-likeness (QED) is 0.646. The molecule has 0 radical (unpaired) electrons. The van der Waals surface area contributed by atoms with Crippen molar-refractivity contribution in [2.45, 2.75) is 58.2 Å². The third-order valence-electron chi connectivity index (χ3n) is 6.32. The molecule has 29 heavy (non-hydrogen) atoms. The highest BCUT2D eigenvalue weighted by Gasteiger charge is 2.46. The summed E-state index contributed by atoms with van der Waals surface area (Å²) in [5.74, 6) is 0.842. The SMILES string of the molecule is COc1cccc(-c2ccc3c(c2)/C(=N/C#N)[C@]2(CC[C@H](OC(C)C)CC2)C3)c1. The van der Waals surface area contributed by atoms with Gasteiger partial charge in [-0.1, -0.05) is 24.3 Å². The van der Waals surface area contributed by atoms with Gasteiger partial charge in [-0.15, -0.1) is 0 Å². The summed E-state index contributed by atoms with van der Waals surface area (Å²) in [7, 11) is 1.68. The fourth-order valence-electron chi connectivity index (χ4n) is 4.97. The molecule has 0 amide bonds. The Morgan fingerprint density at radius 2 is 1.86 bits per heavy atom. The molecular formula is C25H28N2O2. The molecule has 0 atom stereocenters. The van der Waals surface area contributed by atoms with Crippen LogP contribution in [0.5, 0.6) is 5.75 Å². The van der Waals surface area contributed by atoms with E-state index in [2.05, 4.69) is 49.3 Å². The molecule has 2 aliphatic carbocycles. The van der Waals surface area contributed by atoms with Crippen molar-refractivity contribution < 1.29 is 9.47 Å². The Balaban J connectivity index is 1.65. The molecule has 0 unspecified atom stereocenters. The van der Waals surface area contributed by atoms with Crippen molar-refractivity contribution in [1.29, 1.82) is 5.26 Å². The van der Waals surface area contributed by atoms with Crippen molar-refractivity contribution in [3.63, 3.8) is 0 Å². The predicted octanol–water partition coefficient (Wildman–Crippen LogP) is 5.54. The summed E-state index contributed by atoms with van der Waals surface area (Å²) in [6.07, 6.45) is 7.72. The van der Waals surface area contributed by atoms with E-state index in [0.29, 0.717) is 6.10 Å². The molecule has 1 saturated carbocycles. The van der Waals surface area contributed by atoms with Gasteiger partial charge >= 0.3 is 0 Å². The van der Waals surface area contributed by atoms with Crippen molar-refractivity contribution in [3.8, 4) is 23.1 Å². The highest BCUT2D eigenvalue weighted by atomic mass is 16.5. The van der Waals surface area contributed by atoms with E-state index < -0.39 is 0 Å². The van der Waals surface area contributed by atoms with Gasteiger partial charge in [0.15, 0.2) is 0 Å². The van der Waals surface area contributed by atoms with E-state index in [4.69, 9.17) is 9.47 Å². The van der Waals surface area contributed by atoms with Gasteiger partial charge in [-0.2, -0.15) is 10.3 Å². The third-order valence-corrected chi connectivity index (χ3v) is 6.32. The Kier molecular flexibility index (Phi) is 5.43. The molecule has 0 aliphatic heterocycles. The molecule has 4 nitrogen and oxygen atoms in total. The van der Waals surface area contributed by atoms with Gasteiger partial charge < -0.3 is 9.47 Å². The third kappa shape index (κ3) is 3.80. The minimum absolute atomic E-state index is 0.0259. The average molecular weight is 389 g/mol. The number of hydrogen-bond donors (Lipinski definition) is 0. The van der Waals surface area contributed by atoms with Crippen LogP contribution in [-0.4, -0.2) is 25.0 Å². The molecule has 0 aromatic heterocycles. The number of ether oxygens (including phenoxy) is 2. The first kappa shape index (κ1) is 19.7. The van der Waals surface area contributed by atoms with Gasteiger partial charge in [-0.25, -0.2) is 0 Å². The Bertz CT molecular complexity index is 963. The maximum Gasteiger partial charge on any atom is 0.205 e. The predicted molar refractivity (Wildman–Crippen MR) is 115 cm³/mol. The summed E-state index contributed by atoms with van der Waals surface area (Å²) in [6.45, 7) is 4.19. The average Bonchev–Trinajstić information content (AvgIpc) is 3.02. The van der Waals surface area contributed by atoms with Crippen LogP contribution < -0.4 is 4.74 Å². The van der Waals surface area contributed by atoms with Gasteiger partial charge in [-0.3, -0.25) is 0 Å². The van der Waals surface area contributed by atoms with Gasteiger partial charge in [0, 0.05) is 11.0 Å². The zero-order valence-corrected chi connectivity index (χ0v) is 17.4. The van der Waals surface area contributed by atoms with Crippen molar-refractivity contribution in [3.05, 3.63) is 53.6 Å². The molecule has 1 fully saturated rings. The number of rotatable bonds is 4. The normalized spacial score (nSPS) is 24.7. The lowest BCUT2D eigenvalue weighted by atomic mass is 9.70. The lowest BCUT2D eigenvalue weighted by Crippen LogP contribution is -2.36. The number of nitriles is 1. The summed E-state index contributed by atoms with van der Waals surface area (Å²) in [5.41, 5.74) is 5.62. The van der Waals surface area contributed by atoms with Crippen LogP contribution in [0.1, 0.15) is 50.7 Å². The van der Waals surface area contributed by atoms with Crippen molar-refractivity contribution >= 4 is 5.71 Å². The molecule has 2 aromatic carbocycles. The molecule has 0 N–H and O–H groups in total. The number of fused-ring (bicyclic) bond motifs is 1. The Morgan fingerprint density at radius 1 is 1.10 bits per heavy atom. The Morgan fingerprint density at radius 3 is 2.55 bits per heavy atom. The first-order valence-corrected chi connectivity index (χ1v) is 10.4. The molecule has 4 heteroatoms. The second kappa shape index (κ2) is 8.00. The van der Waals surface area contributed by atoms with E-state index in [1.165, 1.54) is 5.56 Å². The number of benzene rings is 2. The van der Waals surface area contributed by atoms with Crippen LogP contribution in [0.2, 0.25) is 0 Å². The van der Waals surface area contributed by atoms with E-state index in [9.17, 15) is 5.26 Å². The standard InChI is InChI=1S/C25H28N2O2/c1-17(2)29-21-9-11-25(12-10-21)15-20-8-7-19(14-23(20)24(25)27-16-26)18-5-4-6-22(13-18)28-3/h4-8,13-14,17,21H,9-12,15H2,1-3H3/b27-24-/t21-,25-. The van der Waals surface area contributed by atoms with Gasteiger partial charge in [0.2, 0.25) is 6.19 Å². The highest BCUT2D eigenvalue weighted by molar-refractivity contribution is 6.10. The zero-order valence-electron chi connectivity index (χ0n) is 17.4. The lowest BCUT2D eigenvalue weighted by Gasteiger charge is -2.38. The first-order chi connectivity index (χ1) is 14.0. The molecule has 4 rings (SSSR count). The van der Waals surface area contributed by atoms with Crippen LogP contribution in [0.3, 0.4) is 0 Å². The molecular weight excluding hydrogens is 360 g/mol. The molecule has 2 aromatic rings. The minimum atomic E-state index is -0.0259. The van der Waals surface area contributed by atoms with Gasteiger partial charge in [0.1, 0.15) is 5.75 Å². The Labute approximate surface area is 173 Å². The van der Waals surface area contributed by atoms with Crippen LogP contribution in [-0.2, 0) is 11.2 Å². The van der Waals surface area contributed by atoms with Crippen LogP contribution in [0.15, 0.2) is 47.5 Å². The largest absolute Gasteiger partial charge is 0.497 e. The van der Waals surface area contributed by atoms with Crippen molar-refractivity contribution in [2.24, 2.45) is 10.4 Å². The number of methoxy groups -OCH3 is 1. The van der Waals surface area contributed by atoms with E-state index in [-0.39, 0.29) is 11.5 Å². The van der Waals surface area contributed by atoms with E-state index >= 15 is 0 Å². The van der Waals surface area contributed by atoms with E-state index in [1.807, 2.05) is 18.2 Å². The summed E-state index contributed by atoms with van der Waals surface area (Å²) < 4.78 is 11.4. The summed E-state index contributed by atoms with van der Waals surface area (Å²) >= 11 is 0. The van der Waals surface area contributed by atoms with E-state index in [1.54, 1.807) is 7.11 Å². The van der Waals surface area contributed by atoms with Crippen molar-refractivity contribution in [2.75, 3.05) is 7.11 Å². The minimum Gasteiger partial charge on any atom is -0.497 e. The number of nitrogens with zero attached hydrogens (tertiary/aromatic N) is 2. The first-order valence-electron chi connectivity index (χ1n) is 10.4. The molecule has 1 spiro atoms. The van der Waals surface area contributed by atoms with E-state index in [0.717, 1.165) is 60.3 Å². The summed E-state index contributed by atoms with van der Waals surface area (Å²) in [4.78, 5) is 4.35. The van der Waals surface area contributed by atoms with Gasteiger partial charge in [-0.05, 0) is 80.8 Å². The topological polar surface area (TPSA) is 54.6 Å². The highest BCUT2D eigenvalue weighted by Crippen LogP contribution is 2.49. The molecule has 0 heterocycles. The van der Waals surface area contributed by atoms with Gasteiger partial charge in [0.05, 0.1) is 25.0 Å². The fraction of sp³-hybridized carbons (Fsp3) is 0.440. The second-order valence-corrected chi connectivity index (χ2v) is 8.51. The van der Waals surface area contributed by atoms with Crippen LogP contribution >= 0.6 is 0 Å².